The van der Waals surface area contributed by atoms with Crippen LogP contribution in [-0.4, -0.2) is 5.11 Å². The molecule has 2 rings (SSSR count). The van der Waals surface area contributed by atoms with Gasteiger partial charge >= 0.3 is 0 Å². The van der Waals surface area contributed by atoms with E-state index in [1.165, 1.54) is 18.4 Å². The number of benzene rings is 1. The van der Waals surface area contributed by atoms with Gasteiger partial charge in [-0.2, -0.15) is 0 Å². The van der Waals surface area contributed by atoms with Gasteiger partial charge in [0.25, 0.3) is 0 Å². The van der Waals surface area contributed by atoms with E-state index in [-0.39, 0.29) is 0 Å². The first-order valence-electron chi connectivity index (χ1n) is 6.56. The van der Waals surface area contributed by atoms with Gasteiger partial charge in [-0.05, 0) is 30.4 Å². The van der Waals surface area contributed by atoms with Crippen molar-refractivity contribution >= 4 is 0 Å². The van der Waals surface area contributed by atoms with Crippen LogP contribution in [0.25, 0.3) is 0 Å². The highest BCUT2D eigenvalue weighted by molar-refractivity contribution is 5.28. The van der Waals surface area contributed by atoms with Crippen LogP contribution in [0, 0.1) is 0 Å². The first kappa shape index (κ1) is 11.7. The molecule has 0 bridgehead atoms. The third kappa shape index (κ3) is 2.46. The Labute approximate surface area is 98.5 Å². The quantitative estimate of drug-likeness (QED) is 0.749. The van der Waals surface area contributed by atoms with E-state index in [1.807, 2.05) is 0 Å². The molecule has 1 aliphatic rings. The van der Waals surface area contributed by atoms with Crippen LogP contribution in [0.15, 0.2) is 24.3 Å². The summed E-state index contributed by atoms with van der Waals surface area (Å²) in [5.41, 5.74) is 1.91. The van der Waals surface area contributed by atoms with Gasteiger partial charge in [-0.15, -0.1) is 0 Å². The lowest BCUT2D eigenvalue weighted by Gasteiger charge is -2.27. The predicted octanol–water partition coefficient (Wildman–Crippen LogP) is 3.79. The SMILES string of the molecule is CCc1cccc(C2(O)CCCCCC2)c1. The third-order valence-electron chi connectivity index (χ3n) is 3.80. The zero-order chi connectivity index (χ0) is 11.4. The highest BCUT2D eigenvalue weighted by Crippen LogP contribution is 2.36. The fourth-order valence-electron chi connectivity index (χ4n) is 2.68. The number of aryl methyl sites for hydroxylation is 1. The van der Waals surface area contributed by atoms with Gasteiger partial charge in [-0.25, -0.2) is 0 Å². The van der Waals surface area contributed by atoms with Crippen LogP contribution in [0.4, 0.5) is 0 Å². The van der Waals surface area contributed by atoms with Crippen LogP contribution >= 0.6 is 0 Å². The topological polar surface area (TPSA) is 20.2 Å². The number of hydrogen-bond donors (Lipinski definition) is 1. The van der Waals surface area contributed by atoms with Crippen LogP contribution < -0.4 is 0 Å². The molecular formula is C15H22O. The number of hydrogen-bond acceptors (Lipinski definition) is 1. The Morgan fingerprint density at radius 1 is 1.12 bits per heavy atom. The molecule has 1 nitrogen and oxygen atoms in total. The van der Waals surface area contributed by atoms with Crippen molar-refractivity contribution in [2.75, 3.05) is 0 Å². The maximum atomic E-state index is 10.7. The fourth-order valence-corrected chi connectivity index (χ4v) is 2.68. The van der Waals surface area contributed by atoms with E-state index in [0.29, 0.717) is 0 Å². The lowest BCUT2D eigenvalue weighted by atomic mass is 9.85. The van der Waals surface area contributed by atoms with Crippen molar-refractivity contribution in [3.05, 3.63) is 35.4 Å². The largest absolute Gasteiger partial charge is 0.385 e. The van der Waals surface area contributed by atoms with Crippen molar-refractivity contribution in [1.29, 1.82) is 0 Å². The van der Waals surface area contributed by atoms with Crippen LogP contribution in [0.3, 0.4) is 0 Å². The van der Waals surface area contributed by atoms with Crippen molar-refractivity contribution in [2.45, 2.75) is 57.5 Å². The molecule has 0 heterocycles. The average molecular weight is 218 g/mol. The monoisotopic (exact) mass is 218 g/mol. The zero-order valence-electron chi connectivity index (χ0n) is 10.2. The molecule has 0 saturated heterocycles. The van der Waals surface area contributed by atoms with E-state index in [9.17, 15) is 5.11 Å². The molecule has 0 spiro atoms. The van der Waals surface area contributed by atoms with E-state index in [2.05, 4.69) is 31.2 Å². The maximum Gasteiger partial charge on any atom is 0.0896 e. The summed E-state index contributed by atoms with van der Waals surface area (Å²) in [4.78, 5) is 0. The minimum Gasteiger partial charge on any atom is -0.385 e. The van der Waals surface area contributed by atoms with Crippen LogP contribution in [-0.2, 0) is 12.0 Å². The van der Waals surface area contributed by atoms with E-state index < -0.39 is 5.60 Å². The molecule has 88 valence electrons. The molecule has 16 heavy (non-hydrogen) atoms. The van der Waals surface area contributed by atoms with Gasteiger partial charge in [-0.1, -0.05) is 56.9 Å². The summed E-state index contributed by atoms with van der Waals surface area (Å²) in [6, 6.07) is 8.50. The maximum absolute atomic E-state index is 10.7. The van der Waals surface area contributed by atoms with E-state index in [1.54, 1.807) is 0 Å². The van der Waals surface area contributed by atoms with Gasteiger partial charge in [0.2, 0.25) is 0 Å². The second-order valence-electron chi connectivity index (χ2n) is 5.00. The lowest BCUT2D eigenvalue weighted by molar-refractivity contribution is 0.0206. The molecular weight excluding hydrogens is 196 g/mol. The molecule has 1 aliphatic carbocycles. The molecule has 1 N–H and O–H groups in total. The first-order valence-corrected chi connectivity index (χ1v) is 6.56. The Balaban J connectivity index is 2.25. The molecule has 0 radical (unpaired) electrons. The Morgan fingerprint density at radius 3 is 2.44 bits per heavy atom. The van der Waals surface area contributed by atoms with Gasteiger partial charge < -0.3 is 5.11 Å². The molecule has 1 fully saturated rings. The van der Waals surface area contributed by atoms with Crippen molar-refractivity contribution in [1.82, 2.24) is 0 Å². The second kappa shape index (κ2) is 5.01. The van der Waals surface area contributed by atoms with Crippen LogP contribution in [0.2, 0.25) is 0 Å². The lowest BCUT2D eigenvalue weighted by Crippen LogP contribution is -2.24. The summed E-state index contributed by atoms with van der Waals surface area (Å²) in [5.74, 6) is 0. The van der Waals surface area contributed by atoms with E-state index in [4.69, 9.17) is 0 Å². The van der Waals surface area contributed by atoms with Crippen molar-refractivity contribution < 1.29 is 5.11 Å². The summed E-state index contributed by atoms with van der Waals surface area (Å²) in [6.07, 6.45) is 7.77. The Morgan fingerprint density at radius 2 is 1.81 bits per heavy atom. The zero-order valence-corrected chi connectivity index (χ0v) is 10.2. The number of aliphatic hydroxyl groups is 1. The summed E-state index contributed by atoms with van der Waals surface area (Å²) in [7, 11) is 0. The third-order valence-corrected chi connectivity index (χ3v) is 3.80. The normalized spacial score (nSPS) is 20.4. The van der Waals surface area contributed by atoms with E-state index >= 15 is 0 Å². The second-order valence-corrected chi connectivity index (χ2v) is 5.00. The van der Waals surface area contributed by atoms with Crippen molar-refractivity contribution in [3.63, 3.8) is 0 Å². The van der Waals surface area contributed by atoms with Crippen LogP contribution in [0.5, 0.6) is 0 Å². The van der Waals surface area contributed by atoms with Gasteiger partial charge in [0.15, 0.2) is 0 Å². The summed E-state index contributed by atoms with van der Waals surface area (Å²) >= 11 is 0. The van der Waals surface area contributed by atoms with Crippen molar-refractivity contribution in [2.24, 2.45) is 0 Å². The molecule has 1 aromatic rings. The molecule has 0 aliphatic heterocycles. The highest BCUT2D eigenvalue weighted by atomic mass is 16.3. The smallest absolute Gasteiger partial charge is 0.0896 e. The minimum absolute atomic E-state index is 0.554. The minimum atomic E-state index is -0.554. The molecule has 1 aromatic carbocycles. The predicted molar refractivity (Wildman–Crippen MR) is 67.4 cm³/mol. The van der Waals surface area contributed by atoms with Gasteiger partial charge in [0.1, 0.15) is 0 Å². The van der Waals surface area contributed by atoms with Gasteiger partial charge in [0, 0.05) is 0 Å². The summed E-state index contributed by atoms with van der Waals surface area (Å²) < 4.78 is 0. The first-order chi connectivity index (χ1) is 7.74. The fraction of sp³-hybridized carbons (Fsp3) is 0.600. The number of rotatable bonds is 2. The van der Waals surface area contributed by atoms with Gasteiger partial charge in [0.05, 0.1) is 5.60 Å². The Bertz CT molecular complexity index is 335. The van der Waals surface area contributed by atoms with Crippen molar-refractivity contribution in [3.8, 4) is 0 Å². The summed E-state index contributed by atoms with van der Waals surface area (Å²) in [5, 5.41) is 10.7. The molecule has 0 aromatic heterocycles. The standard InChI is InChI=1S/C15H22O/c1-2-13-8-7-9-14(12-13)15(16)10-5-3-4-6-11-15/h7-9,12,16H,2-6,10-11H2,1H3. The average Bonchev–Trinajstić information content (AvgIpc) is 2.55. The molecule has 0 amide bonds. The molecule has 0 unspecified atom stereocenters. The highest BCUT2D eigenvalue weighted by Gasteiger charge is 2.29. The summed E-state index contributed by atoms with van der Waals surface area (Å²) in [6.45, 7) is 2.16. The molecule has 1 saturated carbocycles. The van der Waals surface area contributed by atoms with E-state index in [0.717, 1.165) is 37.7 Å². The molecule has 0 atom stereocenters. The Hall–Kier alpha value is -0.820. The Kier molecular flexibility index (Phi) is 3.65. The van der Waals surface area contributed by atoms with Crippen LogP contribution in [0.1, 0.15) is 56.6 Å². The van der Waals surface area contributed by atoms with Gasteiger partial charge in [-0.3, -0.25) is 0 Å². The molecule has 1 heteroatoms.